The van der Waals surface area contributed by atoms with Crippen LogP contribution in [0.4, 0.5) is 0 Å². The highest BCUT2D eigenvalue weighted by Crippen LogP contribution is 2.37. The zero-order valence-corrected chi connectivity index (χ0v) is 6.05. The van der Waals surface area contributed by atoms with Crippen LogP contribution in [0, 0.1) is 11.8 Å². The molecule has 10 heavy (non-hydrogen) atoms. The maximum Gasteiger partial charge on any atom is 0.133 e. The van der Waals surface area contributed by atoms with Gasteiger partial charge >= 0.3 is 0 Å². The van der Waals surface area contributed by atoms with Gasteiger partial charge < -0.3 is 0 Å². The van der Waals surface area contributed by atoms with Crippen LogP contribution in [0.15, 0.2) is 12.2 Å². The minimum atomic E-state index is 0.485. The second-order valence-electron chi connectivity index (χ2n) is 3.41. The molecule has 0 saturated heterocycles. The summed E-state index contributed by atoms with van der Waals surface area (Å²) in [4.78, 5) is 11.0. The van der Waals surface area contributed by atoms with Crippen LogP contribution in [-0.4, -0.2) is 5.78 Å². The summed E-state index contributed by atoms with van der Waals surface area (Å²) in [5, 5.41) is 0. The molecule has 2 aliphatic rings. The summed E-state index contributed by atoms with van der Waals surface area (Å²) >= 11 is 0. The number of ketones is 1. The fourth-order valence-corrected chi connectivity index (χ4v) is 2.10. The quantitative estimate of drug-likeness (QED) is 0.465. The summed E-state index contributed by atoms with van der Waals surface area (Å²) in [6.45, 7) is 0. The van der Waals surface area contributed by atoms with Crippen LogP contribution in [0.1, 0.15) is 25.7 Å². The Morgan fingerprint density at radius 1 is 1.10 bits per heavy atom. The molecule has 0 radical (unpaired) electrons. The van der Waals surface area contributed by atoms with Crippen molar-refractivity contribution in [2.75, 3.05) is 0 Å². The van der Waals surface area contributed by atoms with Crippen LogP contribution < -0.4 is 0 Å². The van der Waals surface area contributed by atoms with Crippen molar-refractivity contribution in [3.05, 3.63) is 12.2 Å². The van der Waals surface area contributed by atoms with E-state index in [1.807, 2.05) is 0 Å². The molecule has 0 amide bonds. The largest absolute Gasteiger partial charge is 0.300 e. The molecule has 1 heteroatoms. The number of Topliss-reactive ketones (excluding diaryl/α,β-unsaturated/α-hetero) is 1. The number of rotatable bonds is 0. The lowest BCUT2D eigenvalue weighted by atomic mass is 9.86. The topological polar surface area (TPSA) is 17.1 Å². The highest BCUT2D eigenvalue weighted by atomic mass is 16.1. The molecule has 0 aliphatic heterocycles. The molecule has 0 aromatic carbocycles. The van der Waals surface area contributed by atoms with E-state index in [0.29, 0.717) is 17.6 Å². The molecule has 0 aromatic rings. The molecule has 0 heterocycles. The normalized spacial score (nSPS) is 38.2. The number of hydrogen-bond donors (Lipinski definition) is 0. The maximum absolute atomic E-state index is 11.0. The lowest BCUT2D eigenvalue weighted by Crippen LogP contribution is -2.08. The van der Waals surface area contributed by atoms with Gasteiger partial charge in [-0.2, -0.15) is 0 Å². The maximum atomic E-state index is 11.0. The molecule has 2 atom stereocenters. The van der Waals surface area contributed by atoms with E-state index in [2.05, 4.69) is 12.2 Å². The predicted molar refractivity (Wildman–Crippen MR) is 39.6 cm³/mol. The van der Waals surface area contributed by atoms with E-state index in [1.165, 1.54) is 0 Å². The first-order chi connectivity index (χ1) is 4.86. The van der Waals surface area contributed by atoms with Crippen LogP contribution in [0.25, 0.3) is 0 Å². The summed E-state index contributed by atoms with van der Waals surface area (Å²) < 4.78 is 0. The van der Waals surface area contributed by atoms with Gasteiger partial charge in [0.05, 0.1) is 0 Å². The Morgan fingerprint density at radius 2 is 1.60 bits per heavy atom. The zero-order chi connectivity index (χ0) is 6.97. The van der Waals surface area contributed by atoms with E-state index in [1.54, 1.807) is 0 Å². The molecule has 0 unspecified atom stereocenters. The van der Waals surface area contributed by atoms with Gasteiger partial charge in [0.2, 0.25) is 0 Å². The number of allylic oxidation sites excluding steroid dienone is 2. The lowest BCUT2D eigenvalue weighted by Gasteiger charge is -2.18. The van der Waals surface area contributed by atoms with Crippen LogP contribution in [0.3, 0.4) is 0 Å². The first kappa shape index (κ1) is 6.14. The SMILES string of the molecule is O=C1C[C@@H]2CC=CC[C@H]2C1. The average Bonchev–Trinajstić information content (AvgIpc) is 2.27. The molecule has 54 valence electrons. The van der Waals surface area contributed by atoms with Crippen LogP contribution >= 0.6 is 0 Å². The fraction of sp³-hybridized carbons (Fsp3) is 0.667. The van der Waals surface area contributed by atoms with Gasteiger partial charge in [-0.25, -0.2) is 0 Å². The number of carbonyl (C=O) groups is 1. The Labute approximate surface area is 61.1 Å². The van der Waals surface area contributed by atoms with Crippen molar-refractivity contribution in [2.24, 2.45) is 11.8 Å². The molecular weight excluding hydrogens is 124 g/mol. The summed E-state index contributed by atoms with van der Waals surface area (Å²) in [7, 11) is 0. The van der Waals surface area contributed by atoms with Gasteiger partial charge in [0.15, 0.2) is 0 Å². The van der Waals surface area contributed by atoms with Crippen LogP contribution in [0.2, 0.25) is 0 Å². The van der Waals surface area contributed by atoms with Gasteiger partial charge in [-0.3, -0.25) is 4.79 Å². The number of hydrogen-bond acceptors (Lipinski definition) is 1. The van der Waals surface area contributed by atoms with Crippen molar-refractivity contribution in [2.45, 2.75) is 25.7 Å². The van der Waals surface area contributed by atoms with Gasteiger partial charge in [-0.15, -0.1) is 0 Å². The number of fused-ring (bicyclic) bond motifs is 1. The van der Waals surface area contributed by atoms with Crippen LogP contribution in [0.5, 0.6) is 0 Å². The standard InChI is InChI=1S/C9H12O/c10-9-5-7-3-1-2-4-8(7)6-9/h1-2,7-8H,3-6H2/t7-,8-/m0/s1. The summed E-state index contributed by atoms with van der Waals surface area (Å²) in [6.07, 6.45) is 8.45. The molecule has 2 aliphatic carbocycles. The van der Waals surface area contributed by atoms with Gasteiger partial charge in [0.1, 0.15) is 5.78 Å². The Morgan fingerprint density at radius 3 is 2.10 bits per heavy atom. The van der Waals surface area contributed by atoms with E-state index in [0.717, 1.165) is 25.7 Å². The summed E-state index contributed by atoms with van der Waals surface area (Å²) in [5.41, 5.74) is 0. The van der Waals surface area contributed by atoms with Gasteiger partial charge in [0, 0.05) is 12.8 Å². The van der Waals surface area contributed by atoms with Gasteiger partial charge in [-0.1, -0.05) is 12.2 Å². The van der Waals surface area contributed by atoms with Crippen molar-refractivity contribution in [1.29, 1.82) is 0 Å². The third kappa shape index (κ3) is 0.898. The van der Waals surface area contributed by atoms with E-state index < -0.39 is 0 Å². The van der Waals surface area contributed by atoms with Crippen molar-refractivity contribution >= 4 is 5.78 Å². The lowest BCUT2D eigenvalue weighted by molar-refractivity contribution is -0.117. The minimum Gasteiger partial charge on any atom is -0.300 e. The third-order valence-corrected chi connectivity index (χ3v) is 2.69. The summed E-state index contributed by atoms with van der Waals surface area (Å²) in [6, 6.07) is 0. The van der Waals surface area contributed by atoms with E-state index in [9.17, 15) is 4.79 Å². The first-order valence-electron chi connectivity index (χ1n) is 4.03. The average molecular weight is 136 g/mol. The molecule has 1 fully saturated rings. The molecule has 0 spiro atoms. The number of carbonyl (C=O) groups excluding carboxylic acids is 1. The molecule has 0 bridgehead atoms. The molecule has 1 nitrogen and oxygen atoms in total. The van der Waals surface area contributed by atoms with Crippen molar-refractivity contribution in [3.63, 3.8) is 0 Å². The van der Waals surface area contributed by atoms with E-state index >= 15 is 0 Å². The molecule has 0 N–H and O–H groups in total. The first-order valence-corrected chi connectivity index (χ1v) is 4.03. The Kier molecular flexibility index (Phi) is 1.37. The summed E-state index contributed by atoms with van der Waals surface area (Å²) in [5.74, 6) is 1.90. The van der Waals surface area contributed by atoms with Gasteiger partial charge in [-0.05, 0) is 24.7 Å². The highest BCUT2D eigenvalue weighted by Gasteiger charge is 2.32. The second-order valence-corrected chi connectivity index (χ2v) is 3.41. The highest BCUT2D eigenvalue weighted by molar-refractivity contribution is 5.81. The van der Waals surface area contributed by atoms with Crippen molar-refractivity contribution in [1.82, 2.24) is 0 Å². The van der Waals surface area contributed by atoms with E-state index in [4.69, 9.17) is 0 Å². The molecule has 1 saturated carbocycles. The zero-order valence-electron chi connectivity index (χ0n) is 6.05. The van der Waals surface area contributed by atoms with Crippen molar-refractivity contribution < 1.29 is 4.79 Å². The Hall–Kier alpha value is -0.590. The second kappa shape index (κ2) is 2.22. The van der Waals surface area contributed by atoms with Gasteiger partial charge in [0.25, 0.3) is 0 Å². The van der Waals surface area contributed by atoms with Crippen LogP contribution in [-0.2, 0) is 4.79 Å². The van der Waals surface area contributed by atoms with E-state index in [-0.39, 0.29) is 0 Å². The van der Waals surface area contributed by atoms with Crippen molar-refractivity contribution in [3.8, 4) is 0 Å². The minimum absolute atomic E-state index is 0.485. The molecule has 2 rings (SSSR count). The fourth-order valence-electron chi connectivity index (χ4n) is 2.10. The molecule has 0 aromatic heterocycles. The third-order valence-electron chi connectivity index (χ3n) is 2.69. The monoisotopic (exact) mass is 136 g/mol. The predicted octanol–water partition coefficient (Wildman–Crippen LogP) is 1.93. The molecular formula is C9H12O. The Balaban J connectivity index is 2.11. The Bertz CT molecular complexity index is 163. The smallest absolute Gasteiger partial charge is 0.133 e.